The van der Waals surface area contributed by atoms with Crippen molar-refractivity contribution in [2.75, 3.05) is 13.9 Å². The number of pyridine rings is 1. The Morgan fingerprint density at radius 1 is 1.30 bits per heavy atom. The van der Waals surface area contributed by atoms with Gasteiger partial charge in [-0.05, 0) is 24.3 Å². The maximum absolute atomic E-state index is 12.3. The molecule has 1 aliphatic rings. The maximum Gasteiger partial charge on any atom is 0.341 e. The second-order valence-electron chi connectivity index (χ2n) is 5.64. The van der Waals surface area contributed by atoms with Crippen molar-refractivity contribution in [3.8, 4) is 11.5 Å². The summed E-state index contributed by atoms with van der Waals surface area (Å²) in [6.07, 6.45) is 3.40. The third-order valence-electron chi connectivity index (χ3n) is 3.95. The second kappa shape index (κ2) is 6.81. The molecule has 0 bridgehead atoms. The molecule has 0 saturated carbocycles. The van der Waals surface area contributed by atoms with Crippen LogP contribution in [0, 0.1) is 0 Å². The highest BCUT2D eigenvalue weighted by atomic mass is 35.5. The van der Waals surface area contributed by atoms with Gasteiger partial charge in [-0.2, -0.15) is 0 Å². The van der Waals surface area contributed by atoms with E-state index < -0.39 is 11.9 Å². The van der Waals surface area contributed by atoms with E-state index in [1.54, 1.807) is 28.9 Å². The van der Waals surface area contributed by atoms with Gasteiger partial charge in [-0.15, -0.1) is 0 Å². The Balaban J connectivity index is 1.53. The Bertz CT molecular complexity index is 1060. The smallest absolute Gasteiger partial charge is 0.341 e. The number of hydrogen-bond acceptors (Lipinski definition) is 7. The number of rotatable bonds is 4. The van der Waals surface area contributed by atoms with Gasteiger partial charge in [0.25, 0.3) is 0 Å². The van der Waals surface area contributed by atoms with Crippen molar-refractivity contribution in [3.63, 3.8) is 0 Å². The molecule has 4 rings (SSSR count). The lowest BCUT2D eigenvalue weighted by Gasteiger charge is -2.05. The minimum atomic E-state index is -0.583. The Morgan fingerprint density at radius 2 is 2.15 bits per heavy atom. The molecule has 0 atom stereocenters. The van der Waals surface area contributed by atoms with Crippen molar-refractivity contribution >= 4 is 29.2 Å². The molecule has 0 unspecified atom stereocenters. The maximum atomic E-state index is 12.3. The van der Waals surface area contributed by atoms with E-state index in [1.807, 2.05) is 0 Å². The zero-order chi connectivity index (χ0) is 19.0. The van der Waals surface area contributed by atoms with E-state index in [9.17, 15) is 9.59 Å². The molecule has 27 heavy (non-hydrogen) atoms. The summed E-state index contributed by atoms with van der Waals surface area (Å²) < 4.78 is 22.2. The van der Waals surface area contributed by atoms with E-state index in [-0.39, 0.29) is 24.0 Å². The SMILES string of the molecule is COC(=O)c1cccn2cc(COC(=O)c3cc(Cl)c4c(c3)OCO4)nc12. The number of carbonyl (C=O) groups excluding carboxylic acids is 2. The van der Waals surface area contributed by atoms with Gasteiger partial charge in [0.2, 0.25) is 6.79 Å². The number of benzene rings is 1. The summed E-state index contributed by atoms with van der Waals surface area (Å²) in [5.41, 5.74) is 1.46. The molecule has 138 valence electrons. The molecule has 0 N–H and O–H groups in total. The number of halogens is 1. The number of imidazole rings is 1. The Labute approximate surface area is 158 Å². The summed E-state index contributed by atoms with van der Waals surface area (Å²) in [6, 6.07) is 6.27. The highest BCUT2D eigenvalue weighted by Gasteiger charge is 2.21. The third-order valence-corrected chi connectivity index (χ3v) is 4.23. The molecular weight excluding hydrogens is 376 g/mol. The van der Waals surface area contributed by atoms with E-state index >= 15 is 0 Å². The van der Waals surface area contributed by atoms with E-state index in [0.717, 1.165) is 0 Å². The first kappa shape index (κ1) is 17.2. The van der Waals surface area contributed by atoms with Gasteiger partial charge in [-0.1, -0.05) is 11.6 Å². The number of esters is 2. The number of hydrogen-bond donors (Lipinski definition) is 0. The van der Waals surface area contributed by atoms with E-state index in [0.29, 0.717) is 28.4 Å². The highest BCUT2D eigenvalue weighted by molar-refractivity contribution is 6.32. The number of nitrogens with zero attached hydrogens (tertiary/aromatic N) is 2. The fraction of sp³-hybridized carbons (Fsp3) is 0.167. The van der Waals surface area contributed by atoms with Crippen LogP contribution in [0.2, 0.25) is 5.02 Å². The van der Waals surface area contributed by atoms with Crippen LogP contribution in [-0.2, 0) is 16.1 Å². The molecule has 1 aliphatic heterocycles. The third kappa shape index (κ3) is 3.15. The molecule has 0 saturated heterocycles. The van der Waals surface area contributed by atoms with E-state index in [1.165, 1.54) is 19.2 Å². The van der Waals surface area contributed by atoms with Gasteiger partial charge < -0.3 is 23.3 Å². The van der Waals surface area contributed by atoms with Crippen molar-refractivity contribution in [2.45, 2.75) is 6.61 Å². The molecule has 0 fully saturated rings. The zero-order valence-corrected chi connectivity index (χ0v) is 14.9. The average molecular weight is 389 g/mol. The Hall–Kier alpha value is -3.26. The van der Waals surface area contributed by atoms with Crippen molar-refractivity contribution in [2.24, 2.45) is 0 Å². The summed E-state index contributed by atoms with van der Waals surface area (Å²) >= 11 is 6.08. The number of methoxy groups -OCH3 is 1. The van der Waals surface area contributed by atoms with Crippen LogP contribution in [0.25, 0.3) is 5.65 Å². The Morgan fingerprint density at radius 3 is 2.96 bits per heavy atom. The van der Waals surface area contributed by atoms with Crippen LogP contribution in [0.5, 0.6) is 11.5 Å². The molecule has 1 aromatic carbocycles. The Kier molecular flexibility index (Phi) is 4.33. The normalized spacial score (nSPS) is 12.2. The summed E-state index contributed by atoms with van der Waals surface area (Å²) in [7, 11) is 1.30. The summed E-state index contributed by atoms with van der Waals surface area (Å²) in [5.74, 6) is -0.279. The fourth-order valence-electron chi connectivity index (χ4n) is 2.71. The van der Waals surface area contributed by atoms with Gasteiger partial charge in [0, 0.05) is 12.4 Å². The number of ether oxygens (including phenoxy) is 4. The molecule has 0 amide bonds. The van der Waals surface area contributed by atoms with Gasteiger partial charge in [0.05, 0.1) is 23.4 Å². The lowest BCUT2D eigenvalue weighted by atomic mass is 10.2. The second-order valence-corrected chi connectivity index (χ2v) is 6.05. The minimum absolute atomic E-state index is 0.0529. The topological polar surface area (TPSA) is 88.4 Å². The molecule has 8 nitrogen and oxygen atoms in total. The van der Waals surface area contributed by atoms with Crippen molar-refractivity contribution in [3.05, 3.63) is 58.5 Å². The number of carbonyl (C=O) groups is 2. The summed E-state index contributed by atoms with van der Waals surface area (Å²) in [4.78, 5) is 28.5. The molecule has 3 aromatic rings. The largest absolute Gasteiger partial charge is 0.465 e. The monoisotopic (exact) mass is 388 g/mol. The first-order valence-electron chi connectivity index (χ1n) is 7.88. The lowest BCUT2D eigenvalue weighted by Crippen LogP contribution is -2.06. The van der Waals surface area contributed by atoms with Crippen molar-refractivity contribution < 1.29 is 28.5 Å². The standard InChI is InChI=1S/C18H13ClN2O6/c1-24-18(23)12-3-2-4-21-7-11(20-16(12)21)8-25-17(22)10-5-13(19)15-14(6-10)26-9-27-15/h2-7H,8-9H2,1H3. The molecule has 0 aliphatic carbocycles. The van der Waals surface area contributed by atoms with Crippen molar-refractivity contribution in [1.82, 2.24) is 9.38 Å². The molecular formula is C18H13ClN2O6. The van der Waals surface area contributed by atoms with Gasteiger partial charge in [-0.3, -0.25) is 0 Å². The zero-order valence-electron chi connectivity index (χ0n) is 14.1. The average Bonchev–Trinajstić information content (AvgIpc) is 3.31. The minimum Gasteiger partial charge on any atom is -0.465 e. The van der Waals surface area contributed by atoms with Gasteiger partial charge in [-0.25, -0.2) is 14.6 Å². The molecule has 0 radical (unpaired) electrons. The van der Waals surface area contributed by atoms with Crippen LogP contribution in [0.3, 0.4) is 0 Å². The van der Waals surface area contributed by atoms with Crippen LogP contribution < -0.4 is 9.47 Å². The van der Waals surface area contributed by atoms with Crippen LogP contribution >= 0.6 is 11.6 Å². The predicted molar refractivity (Wildman–Crippen MR) is 93.2 cm³/mol. The lowest BCUT2D eigenvalue weighted by molar-refractivity contribution is 0.0467. The highest BCUT2D eigenvalue weighted by Crippen LogP contribution is 2.39. The first-order chi connectivity index (χ1) is 13.1. The van der Waals surface area contributed by atoms with E-state index in [4.69, 9.17) is 30.5 Å². The molecule has 2 aromatic heterocycles. The van der Waals surface area contributed by atoms with Gasteiger partial charge in [0.1, 0.15) is 12.2 Å². The van der Waals surface area contributed by atoms with Crippen LogP contribution in [0.4, 0.5) is 0 Å². The molecule has 9 heteroatoms. The van der Waals surface area contributed by atoms with E-state index in [2.05, 4.69) is 4.98 Å². The predicted octanol–water partition coefficient (Wildman–Crippen LogP) is 2.86. The molecule has 3 heterocycles. The van der Waals surface area contributed by atoms with Crippen LogP contribution in [0.1, 0.15) is 26.4 Å². The number of fused-ring (bicyclic) bond motifs is 2. The fourth-order valence-corrected chi connectivity index (χ4v) is 2.98. The van der Waals surface area contributed by atoms with Crippen molar-refractivity contribution in [1.29, 1.82) is 0 Å². The van der Waals surface area contributed by atoms with Gasteiger partial charge in [0.15, 0.2) is 17.1 Å². The quantitative estimate of drug-likeness (QED) is 0.635. The summed E-state index contributed by atoms with van der Waals surface area (Å²) in [5, 5.41) is 0.271. The van der Waals surface area contributed by atoms with Gasteiger partial charge >= 0.3 is 11.9 Å². The van der Waals surface area contributed by atoms with Crippen LogP contribution in [-0.4, -0.2) is 35.2 Å². The first-order valence-corrected chi connectivity index (χ1v) is 8.26. The van der Waals surface area contributed by atoms with Crippen LogP contribution in [0.15, 0.2) is 36.7 Å². The summed E-state index contributed by atoms with van der Waals surface area (Å²) in [6.45, 7) is -0.0233. The number of aromatic nitrogens is 2. The molecule has 0 spiro atoms.